The van der Waals surface area contributed by atoms with E-state index < -0.39 is 0 Å². The molecule has 0 heterocycles. The van der Waals surface area contributed by atoms with Crippen LogP contribution in [0.3, 0.4) is 0 Å². The second-order valence-electron chi connectivity index (χ2n) is 6.45. The quantitative estimate of drug-likeness (QED) is 0.635. The van der Waals surface area contributed by atoms with Gasteiger partial charge >= 0.3 is 0 Å². The molecule has 0 aromatic heterocycles. The maximum absolute atomic E-state index is 12.2. The van der Waals surface area contributed by atoms with E-state index in [0.717, 1.165) is 12.0 Å². The zero-order chi connectivity index (χ0) is 20.5. The third-order valence-corrected chi connectivity index (χ3v) is 4.40. The molecule has 0 radical (unpaired) electrons. The molecule has 28 heavy (non-hydrogen) atoms. The van der Waals surface area contributed by atoms with Crippen molar-refractivity contribution in [2.75, 3.05) is 6.54 Å². The summed E-state index contributed by atoms with van der Waals surface area (Å²) in [5, 5.41) is 8.63. The SMILES string of the molecule is CCC(C)NC(=O)c1cccc(CNC(=O)CNC(=O)c2cccc(Cl)c2)c1. The van der Waals surface area contributed by atoms with Gasteiger partial charge in [0.05, 0.1) is 6.54 Å². The van der Waals surface area contributed by atoms with Crippen molar-refractivity contribution in [3.8, 4) is 0 Å². The zero-order valence-corrected chi connectivity index (χ0v) is 16.7. The van der Waals surface area contributed by atoms with Crippen molar-refractivity contribution in [2.45, 2.75) is 32.9 Å². The standard InChI is InChI=1S/C21H24ClN3O3/c1-3-14(2)25-21(28)16-7-4-6-15(10-16)12-23-19(26)13-24-20(27)17-8-5-9-18(22)11-17/h4-11,14H,3,12-13H2,1-2H3,(H,23,26)(H,24,27)(H,25,28). The van der Waals surface area contributed by atoms with Crippen LogP contribution in [-0.2, 0) is 11.3 Å². The molecule has 2 aromatic carbocycles. The summed E-state index contributed by atoms with van der Waals surface area (Å²) in [5.41, 5.74) is 1.73. The Kier molecular flexibility index (Phi) is 8.02. The minimum atomic E-state index is -0.374. The van der Waals surface area contributed by atoms with Crippen LogP contribution in [0.4, 0.5) is 0 Å². The smallest absolute Gasteiger partial charge is 0.251 e. The Morgan fingerprint density at radius 2 is 1.64 bits per heavy atom. The molecule has 3 N–H and O–H groups in total. The summed E-state index contributed by atoms with van der Waals surface area (Å²) in [5.74, 6) is -0.845. The third kappa shape index (κ3) is 6.70. The molecule has 3 amide bonds. The van der Waals surface area contributed by atoms with E-state index in [1.165, 1.54) is 6.07 Å². The minimum Gasteiger partial charge on any atom is -0.350 e. The van der Waals surface area contributed by atoms with Crippen LogP contribution in [0.15, 0.2) is 48.5 Å². The predicted molar refractivity (Wildman–Crippen MR) is 109 cm³/mol. The Bertz CT molecular complexity index is 854. The van der Waals surface area contributed by atoms with Crippen LogP contribution >= 0.6 is 11.6 Å². The van der Waals surface area contributed by atoms with Crippen molar-refractivity contribution in [2.24, 2.45) is 0 Å². The average molecular weight is 402 g/mol. The summed E-state index contributed by atoms with van der Waals surface area (Å²) in [6.07, 6.45) is 0.850. The average Bonchev–Trinajstić information content (AvgIpc) is 2.70. The van der Waals surface area contributed by atoms with E-state index in [0.29, 0.717) is 16.1 Å². The summed E-state index contributed by atoms with van der Waals surface area (Å²) in [7, 11) is 0. The molecule has 0 aliphatic heterocycles. The minimum absolute atomic E-state index is 0.0963. The van der Waals surface area contributed by atoms with Gasteiger partial charge in [0.1, 0.15) is 0 Å². The monoisotopic (exact) mass is 401 g/mol. The molecule has 0 saturated carbocycles. The van der Waals surface area contributed by atoms with Gasteiger partial charge in [0.15, 0.2) is 0 Å². The van der Waals surface area contributed by atoms with Gasteiger partial charge in [-0.05, 0) is 49.2 Å². The van der Waals surface area contributed by atoms with E-state index in [9.17, 15) is 14.4 Å². The van der Waals surface area contributed by atoms with Gasteiger partial charge in [0.25, 0.3) is 11.8 Å². The first-order valence-electron chi connectivity index (χ1n) is 9.09. The molecule has 7 heteroatoms. The van der Waals surface area contributed by atoms with Gasteiger partial charge in [0.2, 0.25) is 5.91 Å². The number of benzene rings is 2. The van der Waals surface area contributed by atoms with Crippen molar-refractivity contribution < 1.29 is 14.4 Å². The number of amides is 3. The van der Waals surface area contributed by atoms with Crippen LogP contribution in [0.25, 0.3) is 0 Å². The lowest BCUT2D eigenvalue weighted by Gasteiger charge is -2.12. The van der Waals surface area contributed by atoms with Gasteiger partial charge in [-0.15, -0.1) is 0 Å². The van der Waals surface area contributed by atoms with Gasteiger partial charge in [-0.3, -0.25) is 14.4 Å². The van der Waals surface area contributed by atoms with E-state index in [1.54, 1.807) is 36.4 Å². The normalized spacial score (nSPS) is 11.4. The number of carbonyl (C=O) groups is 3. The fourth-order valence-electron chi connectivity index (χ4n) is 2.39. The Balaban J connectivity index is 1.83. The van der Waals surface area contributed by atoms with E-state index >= 15 is 0 Å². The fourth-order valence-corrected chi connectivity index (χ4v) is 2.58. The van der Waals surface area contributed by atoms with Crippen LogP contribution in [0.1, 0.15) is 46.5 Å². The number of halogens is 1. The fraction of sp³-hybridized carbons (Fsp3) is 0.286. The van der Waals surface area contributed by atoms with Crippen molar-refractivity contribution in [1.82, 2.24) is 16.0 Å². The molecular formula is C21H24ClN3O3. The van der Waals surface area contributed by atoms with Gasteiger partial charge in [-0.25, -0.2) is 0 Å². The zero-order valence-electron chi connectivity index (χ0n) is 15.9. The Morgan fingerprint density at radius 3 is 2.32 bits per heavy atom. The highest BCUT2D eigenvalue weighted by Crippen LogP contribution is 2.10. The number of hydrogen-bond donors (Lipinski definition) is 3. The molecule has 1 atom stereocenters. The van der Waals surface area contributed by atoms with Gasteiger partial charge < -0.3 is 16.0 Å². The lowest BCUT2D eigenvalue weighted by molar-refractivity contribution is -0.120. The van der Waals surface area contributed by atoms with Crippen molar-refractivity contribution in [3.63, 3.8) is 0 Å². The van der Waals surface area contributed by atoms with Crippen molar-refractivity contribution in [3.05, 3.63) is 70.2 Å². The van der Waals surface area contributed by atoms with E-state index in [-0.39, 0.29) is 36.9 Å². The Labute approximate surface area is 169 Å². The molecule has 0 aliphatic carbocycles. The lowest BCUT2D eigenvalue weighted by atomic mass is 10.1. The van der Waals surface area contributed by atoms with Crippen LogP contribution in [-0.4, -0.2) is 30.3 Å². The topological polar surface area (TPSA) is 87.3 Å². The second-order valence-corrected chi connectivity index (χ2v) is 6.89. The van der Waals surface area contributed by atoms with Crippen LogP contribution in [0.5, 0.6) is 0 Å². The van der Waals surface area contributed by atoms with Crippen molar-refractivity contribution >= 4 is 29.3 Å². The molecule has 2 aromatic rings. The summed E-state index contributed by atoms with van der Waals surface area (Å²) in [6, 6.07) is 13.7. The second kappa shape index (κ2) is 10.5. The number of hydrogen-bond acceptors (Lipinski definition) is 3. The maximum atomic E-state index is 12.2. The number of nitrogens with one attached hydrogen (secondary N) is 3. The first-order valence-corrected chi connectivity index (χ1v) is 9.47. The highest BCUT2D eigenvalue weighted by molar-refractivity contribution is 6.31. The van der Waals surface area contributed by atoms with Crippen LogP contribution < -0.4 is 16.0 Å². The van der Waals surface area contributed by atoms with E-state index in [4.69, 9.17) is 11.6 Å². The molecular weight excluding hydrogens is 378 g/mol. The summed E-state index contributed by atoms with van der Waals surface area (Å²) >= 11 is 5.85. The molecule has 0 aliphatic rings. The van der Waals surface area contributed by atoms with E-state index in [2.05, 4.69) is 16.0 Å². The molecule has 2 rings (SSSR count). The Hall–Kier alpha value is -2.86. The first kappa shape index (κ1) is 21.4. The first-order chi connectivity index (χ1) is 13.4. The van der Waals surface area contributed by atoms with Gasteiger partial charge in [-0.1, -0.05) is 36.7 Å². The molecule has 6 nitrogen and oxygen atoms in total. The van der Waals surface area contributed by atoms with Crippen LogP contribution in [0.2, 0.25) is 5.02 Å². The summed E-state index contributed by atoms with van der Waals surface area (Å²) in [6.45, 7) is 4.05. The third-order valence-electron chi connectivity index (χ3n) is 4.17. The highest BCUT2D eigenvalue weighted by atomic mass is 35.5. The van der Waals surface area contributed by atoms with Gasteiger partial charge in [-0.2, -0.15) is 0 Å². The molecule has 0 bridgehead atoms. The largest absolute Gasteiger partial charge is 0.350 e. The molecule has 0 saturated heterocycles. The molecule has 0 spiro atoms. The maximum Gasteiger partial charge on any atom is 0.251 e. The number of carbonyl (C=O) groups excluding carboxylic acids is 3. The molecule has 148 valence electrons. The Morgan fingerprint density at radius 1 is 0.964 bits per heavy atom. The molecule has 1 unspecified atom stereocenters. The summed E-state index contributed by atoms with van der Waals surface area (Å²) < 4.78 is 0. The highest BCUT2D eigenvalue weighted by Gasteiger charge is 2.10. The predicted octanol–water partition coefficient (Wildman–Crippen LogP) is 2.91. The molecule has 0 fully saturated rings. The van der Waals surface area contributed by atoms with Gasteiger partial charge in [0, 0.05) is 28.7 Å². The van der Waals surface area contributed by atoms with Crippen molar-refractivity contribution in [1.29, 1.82) is 0 Å². The number of rotatable bonds is 8. The van der Waals surface area contributed by atoms with E-state index in [1.807, 2.05) is 19.9 Å². The summed E-state index contributed by atoms with van der Waals surface area (Å²) in [4.78, 5) is 36.2. The van der Waals surface area contributed by atoms with Crippen LogP contribution in [0, 0.1) is 0 Å². The lowest BCUT2D eigenvalue weighted by Crippen LogP contribution is -2.36.